The predicted molar refractivity (Wildman–Crippen MR) is 329 cm³/mol. The van der Waals surface area contributed by atoms with Crippen LogP contribution in [0.1, 0.15) is 233 Å². The van der Waals surface area contributed by atoms with E-state index in [9.17, 15) is 14.4 Å². The highest BCUT2D eigenvalue weighted by molar-refractivity contribution is 5.71. The molecule has 0 N–H and O–H groups in total. The smallest absolute Gasteiger partial charge is 0.306 e. The molecule has 0 spiro atoms. The van der Waals surface area contributed by atoms with Gasteiger partial charge >= 0.3 is 17.9 Å². The minimum Gasteiger partial charge on any atom is -0.462 e. The van der Waals surface area contributed by atoms with Crippen LogP contribution in [0.2, 0.25) is 0 Å². The van der Waals surface area contributed by atoms with Gasteiger partial charge in [0.05, 0.1) is 0 Å². The van der Waals surface area contributed by atoms with Crippen molar-refractivity contribution < 1.29 is 28.6 Å². The number of carbonyl (C=O) groups is 3. The molecule has 0 saturated heterocycles. The maximum atomic E-state index is 12.8. The second-order valence-electron chi connectivity index (χ2n) is 19.1. The van der Waals surface area contributed by atoms with Crippen LogP contribution in [-0.2, 0) is 28.6 Å². The Kier molecular flexibility index (Phi) is 58.0. The van der Waals surface area contributed by atoms with Crippen LogP contribution in [0.5, 0.6) is 0 Å². The molecule has 1 unspecified atom stereocenters. The Morgan fingerprint density at radius 2 is 0.513 bits per heavy atom. The predicted octanol–water partition coefficient (Wildman–Crippen LogP) is 20.7. The van der Waals surface area contributed by atoms with Crippen LogP contribution in [0.15, 0.2) is 170 Å². The van der Waals surface area contributed by atoms with Crippen molar-refractivity contribution in [1.82, 2.24) is 0 Å². The lowest BCUT2D eigenvalue weighted by Gasteiger charge is -2.18. The summed E-state index contributed by atoms with van der Waals surface area (Å²) in [6.07, 6.45) is 92.3. The number of rotatable bonds is 52. The molecule has 0 saturated carbocycles. The third-order valence-electron chi connectivity index (χ3n) is 12.0. The molecule has 76 heavy (non-hydrogen) atoms. The fraction of sp³-hybridized carbons (Fsp3) is 0.557. The molecule has 0 heterocycles. The van der Waals surface area contributed by atoms with E-state index in [4.69, 9.17) is 14.2 Å². The summed E-state index contributed by atoms with van der Waals surface area (Å²) < 4.78 is 16.7. The monoisotopic (exact) mass is 1040 g/mol. The van der Waals surface area contributed by atoms with Crippen LogP contribution >= 0.6 is 0 Å². The van der Waals surface area contributed by atoms with Gasteiger partial charge in [-0.1, -0.05) is 249 Å². The van der Waals surface area contributed by atoms with E-state index in [2.05, 4.69) is 191 Å². The van der Waals surface area contributed by atoms with E-state index >= 15 is 0 Å². The molecule has 0 aromatic rings. The Bertz CT molecular complexity index is 1770. The second-order valence-corrected chi connectivity index (χ2v) is 19.1. The van der Waals surface area contributed by atoms with Crippen LogP contribution in [0, 0.1) is 0 Å². The van der Waals surface area contributed by atoms with E-state index in [-0.39, 0.29) is 37.5 Å². The van der Waals surface area contributed by atoms with E-state index in [1.807, 2.05) is 0 Å². The van der Waals surface area contributed by atoms with Gasteiger partial charge in [-0.05, 0) is 135 Å². The van der Waals surface area contributed by atoms with Crippen LogP contribution in [0.4, 0.5) is 0 Å². The summed E-state index contributed by atoms with van der Waals surface area (Å²) in [5.74, 6) is -0.979. The largest absolute Gasteiger partial charge is 0.462 e. The number of esters is 3. The van der Waals surface area contributed by atoms with E-state index < -0.39 is 6.10 Å². The van der Waals surface area contributed by atoms with Crippen LogP contribution in [-0.4, -0.2) is 37.2 Å². The molecule has 424 valence electrons. The minimum atomic E-state index is -0.811. The number of carbonyl (C=O) groups excluding carboxylic acids is 3. The fourth-order valence-electron chi connectivity index (χ4n) is 7.52. The fourth-order valence-corrected chi connectivity index (χ4v) is 7.52. The van der Waals surface area contributed by atoms with Crippen molar-refractivity contribution in [2.45, 2.75) is 239 Å². The summed E-state index contributed by atoms with van der Waals surface area (Å²) in [5.41, 5.74) is 0. The van der Waals surface area contributed by atoms with Crippen molar-refractivity contribution >= 4 is 17.9 Å². The summed E-state index contributed by atoms with van der Waals surface area (Å²) in [6, 6.07) is 0. The van der Waals surface area contributed by atoms with Gasteiger partial charge in [0.15, 0.2) is 6.10 Å². The van der Waals surface area contributed by atoms with Gasteiger partial charge in [-0.15, -0.1) is 0 Å². The number of hydrogen-bond donors (Lipinski definition) is 0. The summed E-state index contributed by atoms with van der Waals surface area (Å²) in [7, 11) is 0. The number of ether oxygens (including phenoxy) is 3. The molecule has 0 aliphatic carbocycles. The Hall–Kier alpha value is -5.23. The Morgan fingerprint density at radius 1 is 0.276 bits per heavy atom. The first-order valence-corrected chi connectivity index (χ1v) is 30.1. The van der Waals surface area contributed by atoms with E-state index in [0.717, 1.165) is 167 Å². The van der Waals surface area contributed by atoms with Gasteiger partial charge in [0.2, 0.25) is 0 Å². The zero-order chi connectivity index (χ0) is 55.0. The van der Waals surface area contributed by atoms with Crippen LogP contribution in [0.3, 0.4) is 0 Å². The number of unbranched alkanes of at least 4 members (excludes halogenated alkanes) is 13. The maximum Gasteiger partial charge on any atom is 0.306 e. The normalized spacial score (nSPS) is 13.4. The van der Waals surface area contributed by atoms with Gasteiger partial charge < -0.3 is 14.2 Å². The maximum absolute atomic E-state index is 12.8. The lowest BCUT2D eigenvalue weighted by Crippen LogP contribution is -2.30. The lowest BCUT2D eigenvalue weighted by molar-refractivity contribution is -0.167. The molecular formula is C70H108O6. The van der Waals surface area contributed by atoms with Gasteiger partial charge in [-0.3, -0.25) is 14.4 Å². The Morgan fingerprint density at radius 3 is 0.816 bits per heavy atom. The second kappa shape index (κ2) is 62.3. The molecule has 0 aromatic heterocycles. The molecule has 6 heteroatoms. The number of allylic oxidation sites excluding steroid dienone is 28. The highest BCUT2D eigenvalue weighted by Crippen LogP contribution is 2.12. The molecule has 0 bridgehead atoms. The molecule has 6 nitrogen and oxygen atoms in total. The Labute approximate surface area is 466 Å². The first-order chi connectivity index (χ1) is 37.5. The molecule has 0 aromatic carbocycles. The first-order valence-electron chi connectivity index (χ1n) is 30.1. The average molecular weight is 1050 g/mol. The standard InChI is InChI=1S/C70H108O6/c1-4-7-10-13-16-18-20-22-24-26-28-30-32-34-35-37-38-40-42-44-46-48-50-52-54-57-60-63-69(72)75-66-67(65-74-68(71)62-59-56-15-12-9-6-3)76-70(73)64-61-58-55-53-51-49-47-45-43-41-39-36-33-31-29-27-25-23-21-19-17-14-11-8-5-2/h7-8,10-11,16-19,22-25,28-31,34-36,38-40,43-46,49,51,67H,4-6,9,12-15,20-21,26-27,32-33,37,41-42,47-48,50,52-66H2,1-3H3/b10-7-,11-8-,18-16-,19-17-,24-22-,25-23-,30-28-,31-29-,35-34-,39-36-,40-38-,45-43-,46-44-,51-49-. The molecule has 0 rings (SSSR count). The third-order valence-corrected chi connectivity index (χ3v) is 12.0. The summed E-state index contributed by atoms with van der Waals surface area (Å²) in [4.78, 5) is 38.0. The van der Waals surface area contributed by atoms with E-state index in [0.29, 0.717) is 19.3 Å². The van der Waals surface area contributed by atoms with Gasteiger partial charge in [0.25, 0.3) is 0 Å². The van der Waals surface area contributed by atoms with Crippen molar-refractivity contribution in [3.05, 3.63) is 170 Å². The van der Waals surface area contributed by atoms with Gasteiger partial charge in [-0.25, -0.2) is 0 Å². The summed E-state index contributed by atoms with van der Waals surface area (Å²) in [5, 5.41) is 0. The zero-order valence-electron chi connectivity index (χ0n) is 48.4. The zero-order valence-corrected chi connectivity index (χ0v) is 48.4. The molecule has 1 atom stereocenters. The molecule has 0 amide bonds. The van der Waals surface area contributed by atoms with Crippen LogP contribution in [0.25, 0.3) is 0 Å². The SMILES string of the molecule is CC/C=C\C/C=C\C/C=C\C/C=C\C/C=C\C/C=C\C/C=C\CCCCCCCC(=O)OCC(COC(=O)CCCCCCCC)OC(=O)CCCCC/C=C\C/C=C\C/C=C\C/C=C\C/C=C\C/C=C\C/C=C\CC. The van der Waals surface area contributed by atoms with Gasteiger partial charge in [-0.2, -0.15) is 0 Å². The topological polar surface area (TPSA) is 78.9 Å². The highest BCUT2D eigenvalue weighted by atomic mass is 16.6. The average Bonchev–Trinajstić information content (AvgIpc) is 3.42. The summed E-state index contributed by atoms with van der Waals surface area (Å²) >= 11 is 0. The van der Waals surface area contributed by atoms with E-state index in [1.54, 1.807) is 0 Å². The van der Waals surface area contributed by atoms with Crippen molar-refractivity contribution in [3.63, 3.8) is 0 Å². The van der Waals surface area contributed by atoms with Crippen molar-refractivity contribution in [1.29, 1.82) is 0 Å². The molecule has 0 radical (unpaired) electrons. The van der Waals surface area contributed by atoms with E-state index in [1.165, 1.54) is 19.3 Å². The van der Waals surface area contributed by atoms with Gasteiger partial charge in [0.1, 0.15) is 13.2 Å². The van der Waals surface area contributed by atoms with Gasteiger partial charge in [0, 0.05) is 19.3 Å². The highest BCUT2D eigenvalue weighted by Gasteiger charge is 2.19. The third kappa shape index (κ3) is 59.6. The first kappa shape index (κ1) is 70.8. The molecule has 0 aliphatic heterocycles. The van der Waals surface area contributed by atoms with Crippen molar-refractivity contribution in [2.75, 3.05) is 13.2 Å². The Balaban J connectivity index is 4.30. The summed E-state index contributed by atoms with van der Waals surface area (Å²) in [6.45, 7) is 6.29. The van der Waals surface area contributed by atoms with Crippen molar-refractivity contribution in [2.24, 2.45) is 0 Å². The molecular weight excluding hydrogens is 937 g/mol. The number of hydrogen-bond acceptors (Lipinski definition) is 6. The quantitative estimate of drug-likeness (QED) is 0.0261. The van der Waals surface area contributed by atoms with Crippen LogP contribution < -0.4 is 0 Å². The minimum absolute atomic E-state index is 0.106. The molecule has 0 fully saturated rings. The molecule has 0 aliphatic rings. The van der Waals surface area contributed by atoms with Crippen molar-refractivity contribution in [3.8, 4) is 0 Å². The lowest BCUT2D eigenvalue weighted by atomic mass is 10.1.